The van der Waals surface area contributed by atoms with Crippen molar-refractivity contribution in [3.8, 4) is 11.5 Å². The van der Waals surface area contributed by atoms with E-state index in [0.717, 1.165) is 16.7 Å². The molecular weight excluding hydrogens is 450 g/mol. The van der Waals surface area contributed by atoms with Gasteiger partial charge in [0.25, 0.3) is 0 Å². The van der Waals surface area contributed by atoms with Gasteiger partial charge in [-0.15, -0.1) is 11.8 Å². The first-order chi connectivity index (χ1) is 16.5. The number of amides is 1. The molecule has 0 aliphatic rings. The van der Waals surface area contributed by atoms with Gasteiger partial charge in [0.2, 0.25) is 5.91 Å². The molecule has 1 atom stereocenters. The first-order valence-corrected chi connectivity index (χ1v) is 11.9. The minimum atomic E-state index is -0.563. The molecule has 7 heteroatoms. The van der Waals surface area contributed by atoms with Crippen LogP contribution in [0.4, 0.5) is 0 Å². The van der Waals surface area contributed by atoms with Crippen LogP contribution in [0.1, 0.15) is 34.4 Å². The predicted octanol–water partition coefficient (Wildman–Crippen LogP) is 4.95. The van der Waals surface area contributed by atoms with E-state index in [1.807, 2.05) is 36.4 Å². The molecule has 1 amide bonds. The summed E-state index contributed by atoms with van der Waals surface area (Å²) in [4.78, 5) is 25.1. The molecule has 3 aromatic carbocycles. The number of hydrogen-bond acceptors (Lipinski definition) is 6. The van der Waals surface area contributed by atoms with Crippen molar-refractivity contribution in [3.63, 3.8) is 0 Å². The average Bonchev–Trinajstić information content (AvgIpc) is 2.89. The Hall–Kier alpha value is -3.45. The average molecular weight is 480 g/mol. The summed E-state index contributed by atoms with van der Waals surface area (Å²) in [6, 6.07) is 24.9. The number of thioether (sulfide) groups is 1. The van der Waals surface area contributed by atoms with E-state index in [2.05, 4.69) is 29.6 Å². The highest BCUT2D eigenvalue weighted by Crippen LogP contribution is 2.36. The van der Waals surface area contributed by atoms with E-state index in [4.69, 9.17) is 14.2 Å². The Morgan fingerprint density at radius 3 is 1.91 bits per heavy atom. The maximum Gasteiger partial charge on any atom is 0.307 e. The van der Waals surface area contributed by atoms with Crippen molar-refractivity contribution < 1.29 is 23.8 Å². The maximum absolute atomic E-state index is 13.0. The topological polar surface area (TPSA) is 73.9 Å². The molecule has 0 spiro atoms. The van der Waals surface area contributed by atoms with Gasteiger partial charge in [0, 0.05) is 0 Å². The van der Waals surface area contributed by atoms with Crippen molar-refractivity contribution in [3.05, 3.63) is 95.6 Å². The lowest BCUT2D eigenvalue weighted by Crippen LogP contribution is -2.32. The SMILES string of the molecule is COC(=O)CC(NC(=O)CSC(c1ccccc1)c1ccccc1)c1ccc(OC)c(OC)c1. The number of hydrogen-bond donors (Lipinski definition) is 1. The van der Waals surface area contributed by atoms with Crippen molar-refractivity contribution in [1.29, 1.82) is 0 Å². The summed E-state index contributed by atoms with van der Waals surface area (Å²) in [6.07, 6.45) is 0.00316. The van der Waals surface area contributed by atoms with Crippen molar-refractivity contribution in [2.45, 2.75) is 17.7 Å². The van der Waals surface area contributed by atoms with Crippen LogP contribution in [0.3, 0.4) is 0 Å². The summed E-state index contributed by atoms with van der Waals surface area (Å²) < 4.78 is 15.5. The molecule has 0 aromatic heterocycles. The summed E-state index contributed by atoms with van der Waals surface area (Å²) in [6.45, 7) is 0. The number of nitrogens with one attached hydrogen (secondary N) is 1. The largest absolute Gasteiger partial charge is 0.493 e. The van der Waals surface area contributed by atoms with Gasteiger partial charge < -0.3 is 19.5 Å². The summed E-state index contributed by atoms with van der Waals surface area (Å²) in [5, 5.41) is 3.00. The summed E-state index contributed by atoms with van der Waals surface area (Å²) in [5.41, 5.74) is 2.97. The van der Waals surface area contributed by atoms with Gasteiger partial charge in [-0.1, -0.05) is 66.7 Å². The zero-order valence-electron chi connectivity index (χ0n) is 19.5. The molecule has 6 nitrogen and oxygen atoms in total. The van der Waals surface area contributed by atoms with E-state index in [1.165, 1.54) is 18.9 Å². The zero-order valence-corrected chi connectivity index (χ0v) is 20.3. The van der Waals surface area contributed by atoms with Gasteiger partial charge in [-0.2, -0.15) is 0 Å². The van der Waals surface area contributed by atoms with Crippen molar-refractivity contribution in [2.24, 2.45) is 0 Å². The lowest BCUT2D eigenvalue weighted by Gasteiger charge is -2.21. The van der Waals surface area contributed by atoms with Gasteiger partial charge in [-0.3, -0.25) is 9.59 Å². The highest BCUT2D eigenvalue weighted by Gasteiger charge is 2.22. The van der Waals surface area contributed by atoms with E-state index in [-0.39, 0.29) is 23.3 Å². The number of carbonyl (C=O) groups excluding carboxylic acids is 2. The Labute approximate surface area is 204 Å². The number of carbonyl (C=O) groups is 2. The lowest BCUT2D eigenvalue weighted by atomic mass is 10.0. The third-order valence-corrected chi connectivity index (χ3v) is 6.64. The number of rotatable bonds is 11. The third kappa shape index (κ3) is 6.78. The molecule has 178 valence electrons. The van der Waals surface area contributed by atoms with Crippen LogP contribution in [0.25, 0.3) is 0 Å². The Kier molecular flexibility index (Phi) is 9.40. The van der Waals surface area contributed by atoms with E-state index in [9.17, 15) is 9.59 Å². The van der Waals surface area contributed by atoms with Crippen LogP contribution in [0, 0.1) is 0 Å². The zero-order chi connectivity index (χ0) is 24.3. The van der Waals surface area contributed by atoms with Gasteiger partial charge in [0.05, 0.1) is 44.8 Å². The first-order valence-electron chi connectivity index (χ1n) is 10.8. The Balaban J connectivity index is 1.76. The molecule has 3 rings (SSSR count). The van der Waals surface area contributed by atoms with Crippen LogP contribution in [-0.2, 0) is 14.3 Å². The van der Waals surface area contributed by atoms with E-state index in [0.29, 0.717) is 11.5 Å². The Morgan fingerprint density at radius 1 is 0.794 bits per heavy atom. The monoisotopic (exact) mass is 479 g/mol. The van der Waals surface area contributed by atoms with Gasteiger partial charge in [-0.05, 0) is 28.8 Å². The van der Waals surface area contributed by atoms with Gasteiger partial charge in [-0.25, -0.2) is 0 Å². The van der Waals surface area contributed by atoms with Gasteiger partial charge in [0.15, 0.2) is 11.5 Å². The van der Waals surface area contributed by atoms with Gasteiger partial charge >= 0.3 is 5.97 Å². The third-order valence-electron chi connectivity index (χ3n) is 5.33. The highest BCUT2D eigenvalue weighted by molar-refractivity contribution is 8.00. The second kappa shape index (κ2) is 12.7. The standard InChI is InChI=1S/C27H29NO5S/c1-31-23-15-14-21(16-24(23)32-2)22(17-26(30)33-3)28-25(29)18-34-27(19-10-6-4-7-11-19)20-12-8-5-9-13-20/h4-16,22,27H,17-18H2,1-3H3,(H,28,29). The molecular formula is C27H29NO5S. The van der Waals surface area contributed by atoms with Crippen LogP contribution in [0.15, 0.2) is 78.9 Å². The fraction of sp³-hybridized carbons (Fsp3) is 0.259. The Bertz CT molecular complexity index is 1040. The van der Waals surface area contributed by atoms with E-state index >= 15 is 0 Å². The van der Waals surface area contributed by atoms with Crippen molar-refractivity contribution in [1.82, 2.24) is 5.32 Å². The molecule has 0 bridgehead atoms. The van der Waals surface area contributed by atoms with Crippen LogP contribution < -0.4 is 14.8 Å². The molecule has 0 heterocycles. The lowest BCUT2D eigenvalue weighted by molar-refractivity contribution is -0.141. The molecule has 3 aromatic rings. The normalized spacial score (nSPS) is 11.5. The van der Waals surface area contributed by atoms with E-state index < -0.39 is 12.0 Å². The van der Waals surface area contributed by atoms with Crippen LogP contribution in [0.2, 0.25) is 0 Å². The Morgan fingerprint density at radius 2 is 1.38 bits per heavy atom. The highest BCUT2D eigenvalue weighted by atomic mass is 32.2. The molecule has 0 aliphatic heterocycles. The van der Waals surface area contributed by atoms with Crippen LogP contribution in [0.5, 0.6) is 11.5 Å². The van der Waals surface area contributed by atoms with Crippen molar-refractivity contribution in [2.75, 3.05) is 27.1 Å². The number of ether oxygens (including phenoxy) is 3. The summed E-state index contributed by atoms with van der Waals surface area (Å²) in [5.74, 6) is 0.717. The number of esters is 1. The molecule has 1 N–H and O–H groups in total. The van der Waals surface area contributed by atoms with E-state index in [1.54, 1.807) is 32.4 Å². The molecule has 0 saturated heterocycles. The molecule has 0 fully saturated rings. The van der Waals surface area contributed by atoms with Crippen molar-refractivity contribution >= 4 is 23.6 Å². The van der Waals surface area contributed by atoms with Crippen LogP contribution in [-0.4, -0.2) is 39.0 Å². The minimum absolute atomic E-state index is 0.00316. The second-order valence-corrected chi connectivity index (χ2v) is 8.62. The predicted molar refractivity (Wildman–Crippen MR) is 134 cm³/mol. The molecule has 34 heavy (non-hydrogen) atoms. The number of methoxy groups -OCH3 is 3. The minimum Gasteiger partial charge on any atom is -0.493 e. The smallest absolute Gasteiger partial charge is 0.307 e. The fourth-order valence-corrected chi connectivity index (χ4v) is 4.71. The fourth-order valence-electron chi connectivity index (χ4n) is 3.61. The summed E-state index contributed by atoms with van der Waals surface area (Å²) >= 11 is 1.54. The van der Waals surface area contributed by atoms with Gasteiger partial charge in [0.1, 0.15) is 0 Å². The molecule has 1 unspecified atom stereocenters. The number of benzene rings is 3. The molecule has 0 saturated carbocycles. The first kappa shape index (κ1) is 25.2. The van der Waals surface area contributed by atoms with Crippen LogP contribution >= 0.6 is 11.8 Å². The maximum atomic E-state index is 13.0. The quantitative estimate of drug-likeness (QED) is 0.393. The summed E-state index contributed by atoms with van der Waals surface area (Å²) in [7, 11) is 4.42. The second-order valence-electron chi connectivity index (χ2n) is 7.53. The molecule has 0 radical (unpaired) electrons. The molecule has 0 aliphatic carbocycles.